The summed E-state index contributed by atoms with van der Waals surface area (Å²) in [6.07, 6.45) is 0. The highest BCUT2D eigenvalue weighted by molar-refractivity contribution is 5.72. The van der Waals surface area contributed by atoms with E-state index < -0.39 is 23.3 Å². The minimum absolute atomic E-state index is 0.0391. The largest absolute Gasteiger partial charge is 0.207 e. The molecular weight excluding hydrogens is 316 g/mol. The number of aryl methyl sites for hydroxylation is 2. The monoisotopic (exact) mass is 330 g/mol. The van der Waals surface area contributed by atoms with Crippen molar-refractivity contribution in [1.29, 1.82) is 0 Å². The second-order valence-electron chi connectivity index (χ2n) is 5.72. The molecule has 3 rings (SSSR count). The van der Waals surface area contributed by atoms with Crippen molar-refractivity contribution >= 4 is 0 Å². The molecule has 0 fully saturated rings. The van der Waals surface area contributed by atoms with Crippen LogP contribution in [0.4, 0.5) is 17.6 Å². The minimum atomic E-state index is -1.09. The molecule has 24 heavy (non-hydrogen) atoms. The molecule has 0 atom stereocenters. The molecule has 0 aliphatic heterocycles. The van der Waals surface area contributed by atoms with Gasteiger partial charge in [-0.1, -0.05) is 36.4 Å². The van der Waals surface area contributed by atoms with Crippen molar-refractivity contribution in [2.24, 2.45) is 0 Å². The lowest BCUT2D eigenvalue weighted by atomic mass is 9.97. The SMILES string of the molecule is Cc1ccc(-c2ccc(-c3ccc(C)c(F)c3)c(F)c2F)cc1F. The summed E-state index contributed by atoms with van der Waals surface area (Å²) in [5.74, 6) is -3.15. The maximum atomic E-state index is 14.5. The van der Waals surface area contributed by atoms with Crippen molar-refractivity contribution in [2.45, 2.75) is 13.8 Å². The maximum absolute atomic E-state index is 14.5. The average molecular weight is 330 g/mol. The van der Waals surface area contributed by atoms with E-state index in [1.807, 2.05) is 0 Å². The summed E-state index contributed by atoms with van der Waals surface area (Å²) in [6.45, 7) is 3.18. The van der Waals surface area contributed by atoms with Crippen molar-refractivity contribution in [2.75, 3.05) is 0 Å². The van der Waals surface area contributed by atoms with Gasteiger partial charge in [0, 0.05) is 11.1 Å². The zero-order valence-corrected chi connectivity index (χ0v) is 13.1. The van der Waals surface area contributed by atoms with Crippen LogP contribution in [0.25, 0.3) is 22.3 Å². The third kappa shape index (κ3) is 2.80. The first-order chi connectivity index (χ1) is 11.4. The second kappa shape index (κ2) is 6.11. The minimum Gasteiger partial charge on any atom is -0.207 e. The van der Waals surface area contributed by atoms with E-state index in [9.17, 15) is 17.6 Å². The fourth-order valence-corrected chi connectivity index (χ4v) is 2.52. The van der Waals surface area contributed by atoms with Crippen LogP contribution in [0.3, 0.4) is 0 Å². The van der Waals surface area contributed by atoms with Gasteiger partial charge in [0.15, 0.2) is 11.6 Å². The molecule has 122 valence electrons. The van der Waals surface area contributed by atoms with Crippen molar-refractivity contribution < 1.29 is 17.6 Å². The summed E-state index contributed by atoms with van der Waals surface area (Å²) in [5.41, 5.74) is 1.26. The Hall–Kier alpha value is -2.62. The molecule has 0 amide bonds. The molecule has 0 aliphatic carbocycles. The van der Waals surface area contributed by atoms with Crippen LogP contribution >= 0.6 is 0 Å². The molecule has 0 spiro atoms. The lowest BCUT2D eigenvalue weighted by molar-refractivity contribution is 0.513. The van der Waals surface area contributed by atoms with Crippen LogP contribution < -0.4 is 0 Å². The number of hydrogen-bond donors (Lipinski definition) is 0. The van der Waals surface area contributed by atoms with Crippen LogP contribution in [0.5, 0.6) is 0 Å². The van der Waals surface area contributed by atoms with E-state index in [1.54, 1.807) is 13.8 Å². The molecule has 4 heteroatoms. The molecular formula is C20H14F4. The summed E-state index contributed by atoms with van der Waals surface area (Å²) >= 11 is 0. The molecule has 0 unspecified atom stereocenters. The highest BCUT2D eigenvalue weighted by Crippen LogP contribution is 2.32. The summed E-state index contributed by atoms with van der Waals surface area (Å²) in [6, 6.07) is 11.1. The van der Waals surface area contributed by atoms with Gasteiger partial charge in [0.2, 0.25) is 0 Å². The van der Waals surface area contributed by atoms with Gasteiger partial charge in [-0.3, -0.25) is 0 Å². The summed E-state index contributed by atoms with van der Waals surface area (Å²) in [4.78, 5) is 0. The Kier molecular flexibility index (Phi) is 4.14. The summed E-state index contributed by atoms with van der Waals surface area (Å²) in [5, 5.41) is 0. The lowest BCUT2D eigenvalue weighted by Crippen LogP contribution is -1.95. The number of halogens is 4. The Balaban J connectivity index is 2.12. The standard InChI is InChI=1S/C20H14F4/c1-11-3-5-13(9-17(11)21)15-7-8-16(20(24)19(15)23)14-6-4-12(2)18(22)10-14/h3-10H,1-2H3. The lowest BCUT2D eigenvalue weighted by Gasteiger charge is -2.10. The van der Waals surface area contributed by atoms with Crippen LogP contribution in [0, 0.1) is 37.1 Å². The van der Waals surface area contributed by atoms with Crippen molar-refractivity contribution in [1.82, 2.24) is 0 Å². The molecule has 3 aromatic carbocycles. The van der Waals surface area contributed by atoms with Crippen LogP contribution in [0.1, 0.15) is 11.1 Å². The normalized spacial score (nSPS) is 10.9. The first-order valence-corrected chi connectivity index (χ1v) is 7.39. The van der Waals surface area contributed by atoms with Crippen molar-refractivity contribution in [3.05, 3.63) is 82.9 Å². The molecule has 3 aromatic rings. The smallest absolute Gasteiger partial charge is 0.167 e. The second-order valence-corrected chi connectivity index (χ2v) is 5.72. The van der Waals surface area contributed by atoms with E-state index in [-0.39, 0.29) is 22.3 Å². The molecule has 0 saturated heterocycles. The van der Waals surface area contributed by atoms with Crippen LogP contribution in [-0.4, -0.2) is 0 Å². The van der Waals surface area contributed by atoms with Crippen LogP contribution in [0.2, 0.25) is 0 Å². The summed E-state index contributed by atoms with van der Waals surface area (Å²) in [7, 11) is 0. The molecule has 0 radical (unpaired) electrons. The predicted octanol–water partition coefficient (Wildman–Crippen LogP) is 6.19. The maximum Gasteiger partial charge on any atom is 0.167 e. The van der Waals surface area contributed by atoms with E-state index in [0.29, 0.717) is 11.1 Å². The number of rotatable bonds is 2. The zero-order chi connectivity index (χ0) is 17.4. The molecule has 0 aromatic heterocycles. The quantitative estimate of drug-likeness (QED) is 0.491. The first kappa shape index (κ1) is 16.2. The van der Waals surface area contributed by atoms with Gasteiger partial charge in [-0.2, -0.15) is 0 Å². The van der Waals surface area contributed by atoms with Gasteiger partial charge in [0.25, 0.3) is 0 Å². The number of benzene rings is 3. The van der Waals surface area contributed by atoms with Crippen molar-refractivity contribution in [3.63, 3.8) is 0 Å². The Morgan fingerprint density at radius 1 is 0.542 bits per heavy atom. The van der Waals surface area contributed by atoms with Crippen LogP contribution in [0.15, 0.2) is 48.5 Å². The zero-order valence-electron chi connectivity index (χ0n) is 13.1. The van der Waals surface area contributed by atoms with Gasteiger partial charge in [0.05, 0.1) is 0 Å². The van der Waals surface area contributed by atoms with Gasteiger partial charge in [-0.25, -0.2) is 17.6 Å². The van der Waals surface area contributed by atoms with Crippen molar-refractivity contribution in [3.8, 4) is 22.3 Å². The fraction of sp³-hybridized carbons (Fsp3) is 0.100. The Morgan fingerprint density at radius 3 is 1.25 bits per heavy atom. The van der Waals surface area contributed by atoms with Gasteiger partial charge in [-0.15, -0.1) is 0 Å². The van der Waals surface area contributed by atoms with Crippen LogP contribution in [-0.2, 0) is 0 Å². The number of hydrogen-bond acceptors (Lipinski definition) is 0. The highest BCUT2D eigenvalue weighted by atomic mass is 19.2. The Bertz CT molecular complexity index is 853. The Morgan fingerprint density at radius 2 is 0.917 bits per heavy atom. The van der Waals surface area contributed by atoms with Gasteiger partial charge < -0.3 is 0 Å². The molecule has 0 N–H and O–H groups in total. The topological polar surface area (TPSA) is 0 Å². The fourth-order valence-electron chi connectivity index (χ4n) is 2.52. The highest BCUT2D eigenvalue weighted by Gasteiger charge is 2.17. The average Bonchev–Trinajstić information content (AvgIpc) is 2.55. The van der Waals surface area contributed by atoms with Gasteiger partial charge >= 0.3 is 0 Å². The molecule has 0 nitrogen and oxygen atoms in total. The molecule has 0 aliphatic rings. The van der Waals surface area contributed by atoms with E-state index in [4.69, 9.17) is 0 Å². The van der Waals surface area contributed by atoms with E-state index in [1.165, 1.54) is 48.5 Å². The van der Waals surface area contributed by atoms with E-state index >= 15 is 0 Å². The summed E-state index contributed by atoms with van der Waals surface area (Å²) < 4.78 is 56.2. The predicted molar refractivity (Wildman–Crippen MR) is 86.6 cm³/mol. The first-order valence-electron chi connectivity index (χ1n) is 7.39. The molecule has 0 saturated carbocycles. The van der Waals surface area contributed by atoms with Gasteiger partial charge in [-0.05, 0) is 48.2 Å². The third-order valence-corrected chi connectivity index (χ3v) is 4.05. The van der Waals surface area contributed by atoms with Gasteiger partial charge in [0.1, 0.15) is 11.6 Å². The van der Waals surface area contributed by atoms with E-state index in [0.717, 1.165) is 0 Å². The molecule has 0 bridgehead atoms. The molecule has 0 heterocycles. The van der Waals surface area contributed by atoms with E-state index in [2.05, 4.69) is 0 Å². The third-order valence-electron chi connectivity index (χ3n) is 4.05. The Labute approximate surface area is 137 Å².